The van der Waals surface area contributed by atoms with Crippen LogP contribution < -0.4 is 23.8 Å². The molecule has 0 saturated carbocycles. The summed E-state index contributed by atoms with van der Waals surface area (Å²) in [5.74, 6) is 0.348. The molecule has 0 bridgehead atoms. The Balaban J connectivity index is 2.01. The van der Waals surface area contributed by atoms with Crippen molar-refractivity contribution in [2.45, 2.75) is 30.7 Å². The molecule has 0 radical (unpaired) electrons. The first kappa shape index (κ1) is 28.1. The minimum Gasteiger partial charge on any atom is -0.495 e. The second-order valence-electron chi connectivity index (χ2n) is 8.94. The quantitative estimate of drug-likeness (QED) is 0.375. The van der Waals surface area contributed by atoms with E-state index in [0.29, 0.717) is 12.2 Å². The van der Waals surface area contributed by atoms with E-state index in [1.165, 1.54) is 45.6 Å². The van der Waals surface area contributed by atoms with Gasteiger partial charge in [0.25, 0.3) is 10.0 Å². The number of sulfonamides is 1. The van der Waals surface area contributed by atoms with E-state index in [1.807, 2.05) is 44.2 Å². The van der Waals surface area contributed by atoms with Crippen LogP contribution >= 0.6 is 11.6 Å². The van der Waals surface area contributed by atoms with Crippen molar-refractivity contribution in [1.82, 2.24) is 5.32 Å². The first-order valence-electron chi connectivity index (χ1n) is 11.4. The highest BCUT2D eigenvalue weighted by Crippen LogP contribution is 2.37. The van der Waals surface area contributed by atoms with Crippen LogP contribution in [0.15, 0.2) is 71.6 Å². The molecule has 10 heteroatoms. The minimum atomic E-state index is -4.27. The highest BCUT2D eigenvalue weighted by Gasteiger charge is 2.32. The van der Waals surface area contributed by atoms with Crippen LogP contribution in [0.25, 0.3) is 0 Å². The number of hydrogen-bond acceptors (Lipinski definition) is 6. The molecule has 0 unspecified atom stereocenters. The lowest BCUT2D eigenvalue weighted by molar-refractivity contribution is -0.121. The van der Waals surface area contributed by atoms with Crippen LogP contribution in [0.3, 0.4) is 0 Å². The number of carbonyl (C=O) groups excluding carboxylic acids is 1. The number of carbonyl (C=O) groups is 1. The van der Waals surface area contributed by atoms with E-state index in [1.54, 1.807) is 12.1 Å². The fraction of sp³-hybridized carbons (Fsp3) is 0.296. The van der Waals surface area contributed by atoms with Crippen molar-refractivity contribution in [1.29, 1.82) is 0 Å². The summed E-state index contributed by atoms with van der Waals surface area (Å²) < 4.78 is 44.8. The summed E-state index contributed by atoms with van der Waals surface area (Å²) in [6, 6.07) is 18.5. The van der Waals surface area contributed by atoms with Crippen molar-refractivity contribution in [3.63, 3.8) is 0 Å². The number of nitrogens with one attached hydrogen (secondary N) is 1. The smallest absolute Gasteiger partial charge is 0.265 e. The third-order valence-electron chi connectivity index (χ3n) is 5.61. The Kier molecular flexibility index (Phi) is 8.94. The van der Waals surface area contributed by atoms with Gasteiger partial charge in [-0.15, -0.1) is 0 Å². The summed E-state index contributed by atoms with van der Waals surface area (Å²) in [4.78, 5) is 13.2. The zero-order valence-electron chi connectivity index (χ0n) is 21.4. The molecular weight excluding hydrogens is 516 g/mol. The molecule has 1 N–H and O–H groups in total. The zero-order chi connectivity index (χ0) is 27.2. The van der Waals surface area contributed by atoms with Crippen molar-refractivity contribution in [3.05, 3.63) is 77.3 Å². The fourth-order valence-corrected chi connectivity index (χ4v) is 5.57. The van der Waals surface area contributed by atoms with Crippen LogP contribution in [-0.2, 0) is 21.2 Å². The van der Waals surface area contributed by atoms with Crippen LogP contribution in [0.1, 0.15) is 19.4 Å². The third kappa shape index (κ3) is 6.87. The monoisotopic (exact) mass is 546 g/mol. The average molecular weight is 547 g/mol. The lowest BCUT2D eigenvalue weighted by Crippen LogP contribution is -2.50. The van der Waals surface area contributed by atoms with E-state index >= 15 is 0 Å². The first-order valence-corrected chi connectivity index (χ1v) is 13.3. The second kappa shape index (κ2) is 11.7. The normalized spacial score (nSPS) is 11.5. The van der Waals surface area contributed by atoms with Crippen LogP contribution in [-0.4, -0.2) is 47.7 Å². The number of benzene rings is 3. The molecular formula is C27H31ClN2O6S. The molecule has 0 saturated heterocycles. The van der Waals surface area contributed by atoms with Gasteiger partial charge < -0.3 is 19.5 Å². The lowest BCUT2D eigenvalue weighted by Gasteiger charge is -2.30. The molecule has 37 heavy (non-hydrogen) atoms. The third-order valence-corrected chi connectivity index (χ3v) is 7.60. The maximum absolute atomic E-state index is 13.9. The predicted molar refractivity (Wildman–Crippen MR) is 144 cm³/mol. The Morgan fingerprint density at radius 3 is 2.14 bits per heavy atom. The molecule has 0 aromatic heterocycles. The maximum atomic E-state index is 13.9. The molecule has 0 aliphatic rings. The van der Waals surface area contributed by atoms with E-state index in [2.05, 4.69) is 5.32 Å². The minimum absolute atomic E-state index is 0.0940. The summed E-state index contributed by atoms with van der Waals surface area (Å²) in [6.07, 6.45) is 0.558. The summed E-state index contributed by atoms with van der Waals surface area (Å²) in [6.45, 7) is 3.25. The van der Waals surface area contributed by atoms with Gasteiger partial charge in [0.1, 0.15) is 12.3 Å². The van der Waals surface area contributed by atoms with Gasteiger partial charge >= 0.3 is 0 Å². The van der Waals surface area contributed by atoms with Crippen molar-refractivity contribution in [3.8, 4) is 17.2 Å². The molecule has 1 amide bonds. The Morgan fingerprint density at radius 1 is 0.892 bits per heavy atom. The number of halogens is 1. The van der Waals surface area contributed by atoms with Gasteiger partial charge in [-0.05, 0) is 56.2 Å². The van der Waals surface area contributed by atoms with E-state index in [0.717, 1.165) is 9.87 Å². The van der Waals surface area contributed by atoms with E-state index < -0.39 is 28.0 Å². The molecule has 8 nitrogen and oxygen atoms in total. The topological polar surface area (TPSA) is 94.2 Å². The summed E-state index contributed by atoms with van der Waals surface area (Å²) >= 11 is 6.22. The largest absolute Gasteiger partial charge is 0.495 e. The number of nitrogens with zero attached hydrogens (tertiary/aromatic N) is 1. The standard InChI is InChI=1S/C27H31ClN2O6S/c1-27(2,17-19-9-7-6-8-10-19)29-26(31)18-30(22-15-20(28)11-13-23(22)34-3)37(32,33)21-12-14-24(35-4)25(16-21)36-5/h6-16H,17-18H2,1-5H3,(H,29,31). The number of methoxy groups -OCH3 is 3. The molecule has 3 aromatic rings. The van der Waals surface area contributed by atoms with Crippen molar-refractivity contribution >= 4 is 33.2 Å². The van der Waals surface area contributed by atoms with Crippen molar-refractivity contribution in [2.24, 2.45) is 0 Å². The van der Waals surface area contributed by atoms with Gasteiger partial charge in [-0.25, -0.2) is 8.42 Å². The van der Waals surface area contributed by atoms with E-state index in [-0.39, 0.29) is 27.1 Å². The molecule has 0 atom stereocenters. The average Bonchev–Trinajstić information content (AvgIpc) is 2.86. The van der Waals surface area contributed by atoms with Gasteiger partial charge in [-0.2, -0.15) is 0 Å². The molecule has 0 fully saturated rings. The van der Waals surface area contributed by atoms with Gasteiger partial charge in [0, 0.05) is 16.6 Å². The van der Waals surface area contributed by atoms with Crippen LogP contribution in [0.2, 0.25) is 5.02 Å². The summed E-state index contributed by atoms with van der Waals surface area (Å²) in [7, 11) is 0.00745. The molecule has 3 rings (SSSR count). The zero-order valence-corrected chi connectivity index (χ0v) is 23.0. The highest BCUT2D eigenvalue weighted by atomic mass is 35.5. The molecule has 198 valence electrons. The molecule has 3 aromatic carbocycles. The highest BCUT2D eigenvalue weighted by molar-refractivity contribution is 7.92. The molecule has 0 heterocycles. The first-order chi connectivity index (χ1) is 17.5. The number of rotatable bonds is 11. The van der Waals surface area contributed by atoms with E-state index in [4.69, 9.17) is 25.8 Å². The van der Waals surface area contributed by atoms with Gasteiger partial charge in [-0.1, -0.05) is 41.9 Å². The van der Waals surface area contributed by atoms with Gasteiger partial charge in [0.15, 0.2) is 11.5 Å². The second-order valence-corrected chi connectivity index (χ2v) is 11.2. The van der Waals surface area contributed by atoms with Crippen molar-refractivity contribution < 1.29 is 27.4 Å². The number of amides is 1. The Labute approximate surface area is 223 Å². The van der Waals surface area contributed by atoms with E-state index in [9.17, 15) is 13.2 Å². The number of ether oxygens (including phenoxy) is 3. The summed E-state index contributed by atoms with van der Waals surface area (Å²) in [5.41, 5.74) is 0.523. The van der Waals surface area contributed by atoms with Crippen molar-refractivity contribution in [2.75, 3.05) is 32.2 Å². The Morgan fingerprint density at radius 2 is 1.51 bits per heavy atom. The number of hydrogen-bond donors (Lipinski definition) is 1. The fourth-order valence-electron chi connectivity index (χ4n) is 3.96. The van der Waals surface area contributed by atoms with Crippen LogP contribution in [0.5, 0.6) is 17.2 Å². The Bertz CT molecular complexity index is 1350. The van der Waals surface area contributed by atoms with Crippen LogP contribution in [0.4, 0.5) is 5.69 Å². The molecule has 0 aliphatic carbocycles. The maximum Gasteiger partial charge on any atom is 0.265 e. The van der Waals surface area contributed by atoms with Gasteiger partial charge in [-0.3, -0.25) is 9.10 Å². The van der Waals surface area contributed by atoms with Gasteiger partial charge in [0.2, 0.25) is 5.91 Å². The summed E-state index contributed by atoms with van der Waals surface area (Å²) in [5, 5.41) is 3.24. The predicted octanol–water partition coefficient (Wildman–Crippen LogP) is 4.70. The van der Waals surface area contributed by atoms with Gasteiger partial charge in [0.05, 0.1) is 31.9 Å². The number of anilines is 1. The molecule has 0 spiro atoms. The molecule has 0 aliphatic heterocycles. The SMILES string of the molecule is COc1ccc(S(=O)(=O)N(CC(=O)NC(C)(C)Cc2ccccc2)c2cc(Cl)ccc2OC)cc1OC. The Hall–Kier alpha value is -3.43. The lowest BCUT2D eigenvalue weighted by atomic mass is 9.95. The van der Waals surface area contributed by atoms with Crippen LogP contribution in [0, 0.1) is 0 Å².